The van der Waals surface area contributed by atoms with Gasteiger partial charge in [-0.15, -0.1) is 0 Å². The summed E-state index contributed by atoms with van der Waals surface area (Å²) < 4.78 is 0. The van der Waals surface area contributed by atoms with Gasteiger partial charge in [-0.2, -0.15) is 0 Å². The largest absolute Gasteiger partial charge is 0.508 e. The summed E-state index contributed by atoms with van der Waals surface area (Å²) in [6.45, 7) is 2.59. The second kappa shape index (κ2) is 7.95. The number of amides is 1. The van der Waals surface area contributed by atoms with Crippen molar-refractivity contribution in [3.05, 3.63) is 45.7 Å². The molecule has 6 N–H and O–H groups in total. The van der Waals surface area contributed by atoms with Gasteiger partial charge in [0.15, 0.2) is 11.4 Å². The number of hydrogen-bond acceptors (Lipinski definition) is 8. The molecule has 1 heterocycles. The number of carbonyl (C=O) groups is 3. The van der Waals surface area contributed by atoms with Crippen LogP contribution in [0.4, 0.5) is 0 Å². The highest BCUT2D eigenvalue weighted by Gasteiger charge is 2.60. The number of aliphatic hydroxyl groups excluding tert-OH is 2. The number of primary amides is 1. The Bertz CT molecular complexity index is 1180. The zero-order valence-corrected chi connectivity index (χ0v) is 18.7. The van der Waals surface area contributed by atoms with E-state index in [1.165, 1.54) is 12.5 Å². The van der Waals surface area contributed by atoms with Crippen molar-refractivity contribution >= 4 is 23.2 Å². The summed E-state index contributed by atoms with van der Waals surface area (Å²) in [6, 6.07) is 3.32. The molecule has 0 unspecified atom stereocenters. The van der Waals surface area contributed by atoms with Crippen molar-refractivity contribution in [3.8, 4) is 5.75 Å². The van der Waals surface area contributed by atoms with E-state index in [-0.39, 0.29) is 29.7 Å². The highest BCUT2D eigenvalue weighted by Crippen LogP contribution is 2.52. The maximum absolute atomic E-state index is 13.5. The third-order valence-electron chi connectivity index (χ3n) is 7.89. The van der Waals surface area contributed by atoms with Crippen molar-refractivity contribution < 1.29 is 34.8 Å². The topological polar surface area (TPSA) is 161 Å². The summed E-state index contributed by atoms with van der Waals surface area (Å²) in [5.74, 6) is -6.06. The van der Waals surface area contributed by atoms with Crippen molar-refractivity contribution in [1.29, 1.82) is 0 Å². The lowest BCUT2D eigenvalue weighted by Crippen LogP contribution is -2.58. The minimum Gasteiger partial charge on any atom is -0.508 e. The summed E-state index contributed by atoms with van der Waals surface area (Å²) >= 11 is 0. The Morgan fingerprint density at radius 2 is 1.79 bits per heavy atom. The first kappa shape index (κ1) is 22.6. The van der Waals surface area contributed by atoms with Gasteiger partial charge in [0.25, 0.3) is 5.91 Å². The van der Waals surface area contributed by atoms with Crippen LogP contribution in [0.15, 0.2) is 29.0 Å². The Hall–Kier alpha value is -3.17. The molecule has 180 valence electrons. The second-order valence-electron chi connectivity index (χ2n) is 9.84. The molecule has 0 spiro atoms. The Balaban J connectivity index is 1.61. The molecular weight excluding hydrogens is 440 g/mol. The average Bonchev–Trinajstić information content (AvgIpc) is 2.78. The van der Waals surface area contributed by atoms with Crippen molar-refractivity contribution in [1.82, 2.24) is 4.90 Å². The Morgan fingerprint density at radius 1 is 1.09 bits per heavy atom. The van der Waals surface area contributed by atoms with Crippen LogP contribution in [-0.2, 0) is 27.3 Å². The average molecular weight is 469 g/mol. The van der Waals surface area contributed by atoms with E-state index < -0.39 is 52.0 Å². The normalized spacial score (nSPS) is 29.6. The predicted octanol–water partition coefficient (Wildman–Crippen LogP) is 1.41. The number of rotatable bonds is 3. The van der Waals surface area contributed by atoms with Crippen molar-refractivity contribution in [2.45, 2.75) is 50.7 Å². The molecule has 1 aromatic carbocycles. The summed E-state index contributed by atoms with van der Waals surface area (Å²) in [5, 5.41) is 43.7. The van der Waals surface area contributed by atoms with Crippen LogP contribution in [0, 0.1) is 11.8 Å². The first-order valence-electron chi connectivity index (χ1n) is 11.7. The molecule has 2 fully saturated rings. The van der Waals surface area contributed by atoms with E-state index in [9.17, 15) is 34.8 Å². The van der Waals surface area contributed by atoms with Gasteiger partial charge in [0.05, 0.1) is 5.56 Å². The molecule has 0 radical (unpaired) electrons. The molecule has 5 rings (SSSR count). The van der Waals surface area contributed by atoms with Crippen LogP contribution in [0.2, 0.25) is 0 Å². The number of aromatic hydroxyl groups is 1. The van der Waals surface area contributed by atoms with Crippen molar-refractivity contribution in [2.24, 2.45) is 17.6 Å². The third kappa shape index (κ3) is 3.18. The number of aliphatic hydroxyl groups is 3. The molecule has 34 heavy (non-hydrogen) atoms. The second-order valence-corrected chi connectivity index (χ2v) is 9.84. The minimum atomic E-state index is -2.53. The number of carbonyl (C=O) groups excluding carboxylic acids is 3. The van der Waals surface area contributed by atoms with Crippen LogP contribution in [0.25, 0.3) is 5.76 Å². The number of benzene rings is 1. The van der Waals surface area contributed by atoms with E-state index in [0.29, 0.717) is 13.0 Å². The molecular formula is C25H28N2O7. The van der Waals surface area contributed by atoms with Gasteiger partial charge in [0.1, 0.15) is 22.8 Å². The van der Waals surface area contributed by atoms with Crippen molar-refractivity contribution in [2.75, 3.05) is 13.1 Å². The molecule has 4 aliphatic rings. The van der Waals surface area contributed by atoms with Crippen LogP contribution in [-0.4, -0.2) is 61.5 Å². The van der Waals surface area contributed by atoms with Gasteiger partial charge in [-0.3, -0.25) is 19.3 Å². The van der Waals surface area contributed by atoms with Gasteiger partial charge in [0.2, 0.25) is 5.78 Å². The summed E-state index contributed by atoms with van der Waals surface area (Å²) in [7, 11) is 0. The lowest BCUT2D eigenvalue weighted by atomic mass is 9.59. The number of nitrogens with zero attached hydrogens (tertiary/aromatic N) is 1. The fourth-order valence-electron chi connectivity index (χ4n) is 6.19. The predicted molar refractivity (Wildman–Crippen MR) is 121 cm³/mol. The van der Waals surface area contributed by atoms with Crippen LogP contribution in [0.3, 0.4) is 0 Å². The van der Waals surface area contributed by atoms with Gasteiger partial charge >= 0.3 is 0 Å². The van der Waals surface area contributed by atoms with Gasteiger partial charge < -0.3 is 26.2 Å². The van der Waals surface area contributed by atoms with Crippen LogP contribution in [0.5, 0.6) is 5.75 Å². The third-order valence-corrected chi connectivity index (χ3v) is 7.89. The van der Waals surface area contributed by atoms with Gasteiger partial charge in [-0.25, -0.2) is 0 Å². The van der Waals surface area contributed by atoms with Crippen LogP contribution >= 0.6 is 0 Å². The maximum atomic E-state index is 13.5. The number of piperidine rings is 1. The molecule has 1 aromatic rings. The number of phenols is 1. The van der Waals surface area contributed by atoms with Gasteiger partial charge in [-0.1, -0.05) is 12.5 Å². The van der Waals surface area contributed by atoms with Crippen LogP contribution in [0.1, 0.15) is 48.8 Å². The van der Waals surface area contributed by atoms with E-state index in [1.807, 2.05) is 6.07 Å². The molecule has 3 atom stereocenters. The molecule has 1 aliphatic heterocycles. The SMILES string of the molecule is NC(=O)C1=C(O)[C@@]2(O)C(=O)C3=C(O)c4c(O)ccc(CN5CCCCC5)c4C[C@H]3C[C@H]2CC1=O. The summed E-state index contributed by atoms with van der Waals surface area (Å²) in [6.07, 6.45) is 3.59. The zero-order valence-electron chi connectivity index (χ0n) is 18.7. The van der Waals surface area contributed by atoms with Gasteiger partial charge in [-0.05, 0) is 61.9 Å². The Labute approximate surface area is 196 Å². The molecule has 1 saturated heterocycles. The molecule has 1 amide bonds. The number of hydrogen-bond donors (Lipinski definition) is 5. The first-order valence-corrected chi connectivity index (χ1v) is 11.7. The fourth-order valence-corrected chi connectivity index (χ4v) is 6.19. The van der Waals surface area contributed by atoms with E-state index in [2.05, 4.69) is 4.90 Å². The smallest absolute Gasteiger partial charge is 0.255 e. The van der Waals surface area contributed by atoms with E-state index in [0.717, 1.165) is 37.1 Å². The van der Waals surface area contributed by atoms with Crippen LogP contribution < -0.4 is 5.73 Å². The molecule has 9 nitrogen and oxygen atoms in total. The molecule has 0 aromatic heterocycles. The number of ketones is 2. The maximum Gasteiger partial charge on any atom is 0.255 e. The molecule has 3 aliphatic carbocycles. The number of likely N-dealkylation sites (tertiary alicyclic amines) is 1. The zero-order chi connectivity index (χ0) is 24.4. The number of fused-ring (bicyclic) bond motifs is 3. The fraction of sp³-hybridized carbons (Fsp3) is 0.480. The highest BCUT2D eigenvalue weighted by molar-refractivity contribution is 6.22. The number of nitrogens with two attached hydrogens (primary N) is 1. The molecule has 1 saturated carbocycles. The van der Waals surface area contributed by atoms with E-state index in [1.54, 1.807) is 0 Å². The first-order chi connectivity index (χ1) is 16.1. The molecule has 9 heteroatoms. The summed E-state index contributed by atoms with van der Waals surface area (Å²) in [4.78, 5) is 40.0. The van der Waals surface area contributed by atoms with E-state index >= 15 is 0 Å². The minimum absolute atomic E-state index is 0.110. The quantitative estimate of drug-likeness (QED) is 0.416. The summed E-state index contributed by atoms with van der Waals surface area (Å²) in [5.41, 5.74) is 3.64. The lowest BCUT2D eigenvalue weighted by molar-refractivity contribution is -0.147. The Kier molecular flexibility index (Phi) is 5.29. The standard InChI is InChI=1S/C25H28N2O7/c26-24(33)20-17(29)10-14-8-13-9-15-12(11-27-6-2-1-3-7-27)4-5-16(28)19(15)21(30)18(13)22(31)25(14,34)23(20)32/h4-5,13-14,28,30,32,34H,1-3,6-11H2,(H2,26,33)/t13-,14+,25+/m1/s1. The molecule has 0 bridgehead atoms. The lowest BCUT2D eigenvalue weighted by Gasteiger charge is -2.46. The van der Waals surface area contributed by atoms with Crippen molar-refractivity contribution in [3.63, 3.8) is 0 Å². The van der Waals surface area contributed by atoms with Gasteiger partial charge in [0, 0.05) is 24.5 Å². The Morgan fingerprint density at radius 3 is 2.47 bits per heavy atom. The highest BCUT2D eigenvalue weighted by atomic mass is 16.3. The van der Waals surface area contributed by atoms with E-state index in [4.69, 9.17) is 5.73 Å². The number of phenolic OH excluding ortho intramolecular Hbond substituents is 1. The number of Topliss-reactive ketones (excluding diaryl/α,β-unsaturated/α-hetero) is 2. The monoisotopic (exact) mass is 468 g/mol.